The van der Waals surface area contributed by atoms with E-state index in [0.717, 1.165) is 24.6 Å². The van der Waals surface area contributed by atoms with Gasteiger partial charge in [0.05, 0.1) is 0 Å². The van der Waals surface area contributed by atoms with Gasteiger partial charge in [0.25, 0.3) is 0 Å². The van der Waals surface area contributed by atoms with Crippen LogP contribution >= 0.6 is 15.9 Å². The summed E-state index contributed by atoms with van der Waals surface area (Å²) in [6.45, 7) is 8.73. The second kappa shape index (κ2) is 6.40. The van der Waals surface area contributed by atoms with Crippen molar-refractivity contribution in [2.45, 2.75) is 72.3 Å². The Morgan fingerprint density at radius 2 is 1.83 bits per heavy atom. The largest absolute Gasteiger partial charge is 0.352 e. The summed E-state index contributed by atoms with van der Waals surface area (Å²) in [6, 6.07) is 0.253. The van der Waals surface area contributed by atoms with Crippen LogP contribution in [0.25, 0.3) is 0 Å². The molecule has 1 amide bonds. The third kappa shape index (κ3) is 4.25. The summed E-state index contributed by atoms with van der Waals surface area (Å²) in [5.74, 6) is 0.267. The van der Waals surface area contributed by atoms with Crippen molar-refractivity contribution >= 4 is 21.8 Å². The molecule has 1 unspecified atom stereocenters. The first-order chi connectivity index (χ1) is 8.29. The molecule has 18 heavy (non-hydrogen) atoms. The maximum absolute atomic E-state index is 12.5. The molecule has 0 spiro atoms. The minimum absolute atomic E-state index is 0.120. The van der Waals surface area contributed by atoms with E-state index in [1.54, 1.807) is 0 Å². The maximum atomic E-state index is 12.5. The van der Waals surface area contributed by atoms with Crippen molar-refractivity contribution in [2.24, 2.45) is 10.8 Å². The van der Waals surface area contributed by atoms with Crippen molar-refractivity contribution in [3.8, 4) is 0 Å². The zero-order valence-corrected chi connectivity index (χ0v) is 13.9. The average molecular weight is 318 g/mol. The fourth-order valence-electron chi connectivity index (χ4n) is 2.72. The summed E-state index contributed by atoms with van der Waals surface area (Å²) < 4.78 is 0. The topological polar surface area (TPSA) is 29.1 Å². The molecule has 2 nitrogen and oxygen atoms in total. The van der Waals surface area contributed by atoms with Crippen molar-refractivity contribution in [3.63, 3.8) is 0 Å². The summed E-state index contributed by atoms with van der Waals surface area (Å²) >= 11 is 3.49. The van der Waals surface area contributed by atoms with E-state index in [9.17, 15) is 4.79 Å². The standard InChI is InChI=1S/C15H28BrNO/c1-14(2,3)12(8-11-16)17-13(18)15(4)9-6-5-7-10-15/h12H,5-11H2,1-4H3,(H,17,18). The Labute approximate surface area is 120 Å². The highest BCUT2D eigenvalue weighted by atomic mass is 79.9. The molecule has 0 aromatic rings. The number of amides is 1. The Morgan fingerprint density at radius 1 is 1.28 bits per heavy atom. The van der Waals surface area contributed by atoms with Gasteiger partial charge in [-0.25, -0.2) is 0 Å². The number of halogens is 1. The smallest absolute Gasteiger partial charge is 0.226 e. The van der Waals surface area contributed by atoms with Crippen LogP contribution < -0.4 is 5.32 Å². The van der Waals surface area contributed by atoms with E-state index in [1.807, 2.05) is 0 Å². The highest BCUT2D eigenvalue weighted by molar-refractivity contribution is 9.09. The lowest BCUT2D eigenvalue weighted by Gasteiger charge is -2.37. The average Bonchev–Trinajstić information content (AvgIpc) is 2.28. The van der Waals surface area contributed by atoms with Gasteiger partial charge in [-0.05, 0) is 24.7 Å². The molecule has 0 aliphatic heterocycles. The first kappa shape index (κ1) is 16.0. The molecule has 1 atom stereocenters. The second-order valence-corrected chi connectivity index (χ2v) is 7.78. The van der Waals surface area contributed by atoms with E-state index in [-0.39, 0.29) is 22.8 Å². The number of carbonyl (C=O) groups excluding carboxylic acids is 1. The normalized spacial score (nSPS) is 21.4. The van der Waals surface area contributed by atoms with Gasteiger partial charge >= 0.3 is 0 Å². The maximum Gasteiger partial charge on any atom is 0.226 e. The fraction of sp³-hybridized carbons (Fsp3) is 0.933. The molecule has 106 valence electrons. The molecule has 1 aliphatic carbocycles. The Balaban J connectivity index is 2.65. The van der Waals surface area contributed by atoms with Crippen LogP contribution in [-0.2, 0) is 4.79 Å². The van der Waals surface area contributed by atoms with Gasteiger partial charge in [-0.2, -0.15) is 0 Å². The zero-order valence-electron chi connectivity index (χ0n) is 12.3. The van der Waals surface area contributed by atoms with E-state index in [2.05, 4.69) is 48.9 Å². The SMILES string of the molecule is CC1(C(=O)NC(CCBr)C(C)(C)C)CCCCC1. The highest BCUT2D eigenvalue weighted by Gasteiger charge is 2.37. The minimum Gasteiger partial charge on any atom is -0.352 e. The van der Waals surface area contributed by atoms with Gasteiger partial charge < -0.3 is 5.32 Å². The van der Waals surface area contributed by atoms with E-state index in [4.69, 9.17) is 0 Å². The lowest BCUT2D eigenvalue weighted by atomic mass is 9.74. The molecular formula is C15H28BrNO. The van der Waals surface area contributed by atoms with Gasteiger partial charge in [0.1, 0.15) is 0 Å². The van der Waals surface area contributed by atoms with E-state index in [0.29, 0.717) is 0 Å². The van der Waals surface area contributed by atoms with E-state index in [1.165, 1.54) is 19.3 Å². The van der Waals surface area contributed by atoms with Gasteiger partial charge in [0.2, 0.25) is 5.91 Å². The molecule has 1 aliphatic rings. The third-order valence-corrected chi connectivity index (χ3v) is 4.71. The first-order valence-corrected chi connectivity index (χ1v) is 8.29. The quantitative estimate of drug-likeness (QED) is 0.771. The van der Waals surface area contributed by atoms with Crippen LogP contribution in [0.1, 0.15) is 66.2 Å². The molecule has 0 aromatic heterocycles. The molecule has 0 heterocycles. The van der Waals surface area contributed by atoms with Gasteiger partial charge in [0.15, 0.2) is 0 Å². The molecule has 1 saturated carbocycles. The number of rotatable bonds is 4. The number of carbonyl (C=O) groups is 1. The molecule has 1 rings (SSSR count). The van der Waals surface area contributed by atoms with Crippen LogP contribution in [0.4, 0.5) is 0 Å². The van der Waals surface area contributed by atoms with Crippen molar-refractivity contribution in [1.29, 1.82) is 0 Å². The number of hydrogen-bond acceptors (Lipinski definition) is 1. The first-order valence-electron chi connectivity index (χ1n) is 7.16. The van der Waals surface area contributed by atoms with Crippen molar-refractivity contribution in [2.75, 3.05) is 5.33 Å². The molecule has 1 fully saturated rings. The molecular weight excluding hydrogens is 290 g/mol. The Bertz CT molecular complexity index is 277. The minimum atomic E-state index is -0.131. The predicted molar refractivity (Wildman–Crippen MR) is 81.0 cm³/mol. The van der Waals surface area contributed by atoms with Crippen LogP contribution in [0, 0.1) is 10.8 Å². The summed E-state index contributed by atoms with van der Waals surface area (Å²) in [5.41, 5.74) is -0.0114. The summed E-state index contributed by atoms with van der Waals surface area (Å²) in [7, 11) is 0. The summed E-state index contributed by atoms with van der Waals surface area (Å²) in [5, 5.41) is 4.24. The fourth-order valence-corrected chi connectivity index (χ4v) is 3.18. The molecule has 3 heteroatoms. The molecule has 0 aromatic carbocycles. The van der Waals surface area contributed by atoms with Crippen LogP contribution in [0.15, 0.2) is 0 Å². The molecule has 0 bridgehead atoms. The Morgan fingerprint density at radius 3 is 2.28 bits per heavy atom. The van der Waals surface area contributed by atoms with Crippen LogP contribution in [0.5, 0.6) is 0 Å². The van der Waals surface area contributed by atoms with Crippen molar-refractivity contribution in [1.82, 2.24) is 5.32 Å². The van der Waals surface area contributed by atoms with Crippen molar-refractivity contribution in [3.05, 3.63) is 0 Å². The summed E-state index contributed by atoms with van der Waals surface area (Å²) in [4.78, 5) is 12.5. The number of hydrogen-bond donors (Lipinski definition) is 1. The van der Waals surface area contributed by atoms with Gasteiger partial charge in [-0.3, -0.25) is 4.79 Å². The van der Waals surface area contributed by atoms with E-state index < -0.39 is 0 Å². The number of alkyl halides is 1. The summed E-state index contributed by atoms with van der Waals surface area (Å²) in [6.07, 6.45) is 6.76. The third-order valence-electron chi connectivity index (χ3n) is 4.25. The Kier molecular flexibility index (Phi) is 5.69. The second-order valence-electron chi connectivity index (χ2n) is 6.99. The molecule has 0 radical (unpaired) electrons. The lowest BCUT2D eigenvalue weighted by Crippen LogP contribution is -2.50. The van der Waals surface area contributed by atoms with Crippen LogP contribution in [0.3, 0.4) is 0 Å². The lowest BCUT2D eigenvalue weighted by molar-refractivity contribution is -0.133. The van der Waals surface area contributed by atoms with E-state index >= 15 is 0 Å². The van der Waals surface area contributed by atoms with Gasteiger partial charge in [-0.15, -0.1) is 0 Å². The Hall–Kier alpha value is -0.0500. The van der Waals surface area contributed by atoms with Gasteiger partial charge in [0, 0.05) is 16.8 Å². The molecule has 0 saturated heterocycles. The number of nitrogens with one attached hydrogen (secondary N) is 1. The highest BCUT2D eigenvalue weighted by Crippen LogP contribution is 2.36. The van der Waals surface area contributed by atoms with Gasteiger partial charge in [-0.1, -0.05) is 62.9 Å². The molecule has 1 N–H and O–H groups in total. The van der Waals surface area contributed by atoms with Crippen LogP contribution in [-0.4, -0.2) is 17.3 Å². The van der Waals surface area contributed by atoms with Crippen LogP contribution in [0.2, 0.25) is 0 Å². The van der Waals surface area contributed by atoms with Crippen molar-refractivity contribution < 1.29 is 4.79 Å². The predicted octanol–water partition coefficient (Wildman–Crippen LogP) is 4.27. The monoisotopic (exact) mass is 317 g/mol. The zero-order chi connectivity index (χ0) is 13.8.